The first-order chi connectivity index (χ1) is 3.39. The Labute approximate surface area is 51.7 Å². The fraction of sp³-hybridized carbons (Fsp3) is 0. The van der Waals surface area contributed by atoms with Gasteiger partial charge in [0.15, 0.2) is 0 Å². The van der Waals surface area contributed by atoms with Gasteiger partial charge in [-0.2, -0.15) is 0 Å². The Morgan fingerprint density at radius 3 is 2.38 bits per heavy atom. The first-order valence-corrected chi connectivity index (χ1v) is 2.44. The van der Waals surface area contributed by atoms with E-state index < -0.39 is 0 Å². The van der Waals surface area contributed by atoms with E-state index in [4.69, 9.17) is 12.2 Å². The van der Waals surface area contributed by atoms with Crippen molar-refractivity contribution in [2.45, 2.75) is 0 Å². The van der Waals surface area contributed by atoms with Crippen LogP contribution in [-0.2, 0) is 0 Å². The molecule has 0 fully saturated rings. The largest absolute Gasteiger partial charge is 0.353 e. The molecule has 1 nitrogen and oxygen atoms in total. The van der Waals surface area contributed by atoms with Crippen molar-refractivity contribution in [1.82, 2.24) is 4.98 Å². The third-order valence-corrected chi connectivity index (χ3v) is 0.934. The molecule has 0 radical (unpaired) electrons. The van der Waals surface area contributed by atoms with Crippen LogP contribution in [0.5, 0.6) is 0 Å². The number of halogens is 1. The maximum absolute atomic E-state index is 4.76. The van der Waals surface area contributed by atoms with Crippen LogP contribution in [0.1, 0.15) is 0 Å². The number of nitrogens with one attached hydrogen (secondary N) is 1. The fourth-order valence-electron chi connectivity index (χ4n) is 0.377. The number of rotatable bonds is 0. The third-order valence-electron chi connectivity index (χ3n) is 0.681. The molecule has 0 amide bonds. The average molecular weight is 131 g/mol. The van der Waals surface area contributed by atoms with Crippen molar-refractivity contribution >= 4 is 12.2 Å². The van der Waals surface area contributed by atoms with E-state index in [2.05, 4.69) is 4.98 Å². The van der Waals surface area contributed by atoms with Crippen molar-refractivity contribution in [3.8, 4) is 0 Å². The standard InChI is InChI=1S/C5H5NS.FH/c7-5-3-1-2-4-6-5;/h1-4H,(H,6,7);1H. The smallest absolute Gasteiger partial charge is 0.103 e. The zero-order valence-corrected chi connectivity index (χ0v) is 4.94. The van der Waals surface area contributed by atoms with E-state index >= 15 is 0 Å². The third kappa shape index (κ3) is 1.84. The van der Waals surface area contributed by atoms with Gasteiger partial charge in [-0.3, -0.25) is 4.70 Å². The summed E-state index contributed by atoms with van der Waals surface area (Å²) in [7, 11) is 0. The summed E-state index contributed by atoms with van der Waals surface area (Å²) in [6, 6.07) is 5.64. The second-order valence-corrected chi connectivity index (χ2v) is 1.67. The summed E-state index contributed by atoms with van der Waals surface area (Å²) in [5.41, 5.74) is 0. The van der Waals surface area contributed by atoms with Gasteiger partial charge in [-0.25, -0.2) is 0 Å². The summed E-state index contributed by atoms with van der Waals surface area (Å²) in [6.07, 6.45) is 1.81. The van der Waals surface area contributed by atoms with Crippen LogP contribution in [0.3, 0.4) is 0 Å². The molecule has 8 heavy (non-hydrogen) atoms. The summed E-state index contributed by atoms with van der Waals surface area (Å²) < 4.78 is 0.780. The minimum atomic E-state index is 0. The van der Waals surface area contributed by atoms with Crippen LogP contribution in [0, 0.1) is 4.64 Å². The van der Waals surface area contributed by atoms with Crippen molar-refractivity contribution < 1.29 is 4.70 Å². The molecule has 0 bridgehead atoms. The van der Waals surface area contributed by atoms with Crippen molar-refractivity contribution in [2.24, 2.45) is 0 Å². The molecule has 3 heteroatoms. The number of aromatic amines is 1. The molecule has 0 aliphatic rings. The molecular weight excluding hydrogens is 125 g/mol. The van der Waals surface area contributed by atoms with E-state index in [1.165, 1.54) is 0 Å². The van der Waals surface area contributed by atoms with Gasteiger partial charge in [0.05, 0.1) is 0 Å². The van der Waals surface area contributed by atoms with Crippen LogP contribution < -0.4 is 0 Å². The summed E-state index contributed by atoms with van der Waals surface area (Å²) in [5.74, 6) is 0. The first kappa shape index (κ1) is 7.30. The molecule has 0 aromatic carbocycles. The highest BCUT2D eigenvalue weighted by molar-refractivity contribution is 7.71. The Balaban J connectivity index is 0.000000490. The highest BCUT2D eigenvalue weighted by Crippen LogP contribution is 1.80. The Hall–Kier alpha value is -0.700. The Kier molecular flexibility index (Phi) is 3.03. The molecule has 44 valence electrons. The number of aromatic nitrogens is 1. The van der Waals surface area contributed by atoms with E-state index in [0.717, 1.165) is 4.64 Å². The molecule has 0 atom stereocenters. The van der Waals surface area contributed by atoms with E-state index in [1.54, 1.807) is 0 Å². The van der Waals surface area contributed by atoms with Crippen LogP contribution in [0.2, 0.25) is 0 Å². The van der Waals surface area contributed by atoms with Crippen LogP contribution in [0.25, 0.3) is 0 Å². The summed E-state index contributed by atoms with van der Waals surface area (Å²) in [4.78, 5) is 2.85. The molecule has 0 spiro atoms. The predicted octanol–water partition coefficient (Wildman–Crippen LogP) is 1.90. The number of H-pyrrole nitrogens is 1. The SMILES string of the molecule is F.S=c1cccc[nH]1. The number of hydrogen-bond acceptors (Lipinski definition) is 1. The minimum Gasteiger partial charge on any atom is -0.353 e. The summed E-state index contributed by atoms with van der Waals surface area (Å²) >= 11 is 4.76. The van der Waals surface area contributed by atoms with Gasteiger partial charge in [-0.05, 0) is 12.1 Å². The second-order valence-electron chi connectivity index (χ2n) is 1.23. The lowest BCUT2D eigenvalue weighted by molar-refractivity contribution is 1.11. The summed E-state index contributed by atoms with van der Waals surface area (Å²) in [5, 5.41) is 0. The lowest BCUT2D eigenvalue weighted by Gasteiger charge is -1.76. The fourth-order valence-corrected chi connectivity index (χ4v) is 0.523. The molecule has 1 aromatic rings. The topological polar surface area (TPSA) is 15.8 Å². The van der Waals surface area contributed by atoms with Gasteiger partial charge < -0.3 is 4.98 Å². The summed E-state index contributed by atoms with van der Waals surface area (Å²) in [6.45, 7) is 0. The quantitative estimate of drug-likeness (QED) is 0.532. The monoisotopic (exact) mass is 131 g/mol. The first-order valence-electron chi connectivity index (χ1n) is 2.03. The molecule has 0 aliphatic heterocycles. The zero-order valence-electron chi connectivity index (χ0n) is 4.13. The number of pyridine rings is 1. The molecule has 1 aromatic heterocycles. The Morgan fingerprint density at radius 1 is 1.38 bits per heavy atom. The van der Waals surface area contributed by atoms with E-state index in [9.17, 15) is 0 Å². The second kappa shape index (κ2) is 3.32. The average Bonchev–Trinajstić information content (AvgIpc) is 1.69. The molecule has 0 saturated heterocycles. The number of hydrogen-bond donors (Lipinski definition) is 1. The lowest BCUT2D eigenvalue weighted by atomic mass is 10.5. The van der Waals surface area contributed by atoms with Gasteiger partial charge in [0.2, 0.25) is 0 Å². The van der Waals surface area contributed by atoms with Gasteiger partial charge in [-0.15, -0.1) is 0 Å². The van der Waals surface area contributed by atoms with Crippen molar-refractivity contribution in [3.05, 3.63) is 29.0 Å². The van der Waals surface area contributed by atoms with Gasteiger partial charge >= 0.3 is 0 Å². The van der Waals surface area contributed by atoms with Gasteiger partial charge in [0.1, 0.15) is 4.64 Å². The van der Waals surface area contributed by atoms with Crippen LogP contribution in [0.4, 0.5) is 4.70 Å². The molecule has 0 saturated carbocycles. The van der Waals surface area contributed by atoms with Crippen LogP contribution in [-0.4, -0.2) is 4.98 Å². The maximum Gasteiger partial charge on any atom is 0.103 e. The lowest BCUT2D eigenvalue weighted by Crippen LogP contribution is -1.64. The van der Waals surface area contributed by atoms with Gasteiger partial charge in [-0.1, -0.05) is 18.3 Å². The Bertz CT molecular complexity index is 178. The van der Waals surface area contributed by atoms with Gasteiger partial charge in [0, 0.05) is 6.20 Å². The Morgan fingerprint density at radius 2 is 2.12 bits per heavy atom. The molecule has 1 N–H and O–H groups in total. The van der Waals surface area contributed by atoms with Crippen molar-refractivity contribution in [2.75, 3.05) is 0 Å². The minimum absolute atomic E-state index is 0. The zero-order chi connectivity index (χ0) is 5.11. The highest BCUT2D eigenvalue weighted by atomic mass is 32.1. The van der Waals surface area contributed by atoms with Crippen LogP contribution >= 0.6 is 12.2 Å². The molecule has 1 rings (SSSR count). The van der Waals surface area contributed by atoms with E-state index in [0.29, 0.717) is 0 Å². The maximum atomic E-state index is 4.76. The molecule has 0 aliphatic carbocycles. The normalized spacial score (nSPS) is 7.50. The molecular formula is C5H6FNS. The highest BCUT2D eigenvalue weighted by Gasteiger charge is 1.65. The van der Waals surface area contributed by atoms with Crippen molar-refractivity contribution in [3.63, 3.8) is 0 Å². The van der Waals surface area contributed by atoms with E-state index in [1.807, 2.05) is 24.4 Å². The van der Waals surface area contributed by atoms with Gasteiger partial charge in [0.25, 0.3) is 0 Å². The predicted molar refractivity (Wildman–Crippen MR) is 34.1 cm³/mol. The van der Waals surface area contributed by atoms with Crippen molar-refractivity contribution in [1.29, 1.82) is 0 Å². The van der Waals surface area contributed by atoms with E-state index in [-0.39, 0.29) is 4.70 Å². The van der Waals surface area contributed by atoms with Crippen LogP contribution in [0.15, 0.2) is 24.4 Å². The molecule has 1 heterocycles. The molecule has 0 unspecified atom stereocenters.